The molecule has 2 aromatic carbocycles. The molecular weight excluding hydrogens is 416 g/mol. The SMILES string of the molecule is O=C(Nc1cccc(-c2noc(=O)[nH]2)c1)c1csc(COc2ccc(Cl)cc2)n1. The minimum Gasteiger partial charge on any atom is -0.486 e. The first-order valence-electron chi connectivity index (χ1n) is 8.37. The van der Waals surface area contributed by atoms with E-state index in [1.807, 2.05) is 0 Å². The predicted octanol–water partition coefficient (Wildman–Crippen LogP) is 3.97. The van der Waals surface area contributed by atoms with Gasteiger partial charge in [0.25, 0.3) is 5.91 Å². The Bertz CT molecular complexity index is 1200. The molecule has 0 saturated carbocycles. The van der Waals surface area contributed by atoms with Gasteiger partial charge in [0.15, 0.2) is 5.82 Å². The van der Waals surface area contributed by atoms with Crippen molar-refractivity contribution in [1.29, 1.82) is 0 Å². The Balaban J connectivity index is 1.40. The van der Waals surface area contributed by atoms with Crippen LogP contribution in [0.15, 0.2) is 63.2 Å². The third-order valence-corrected chi connectivity index (χ3v) is 4.87. The number of hydrogen-bond acceptors (Lipinski definition) is 7. The second-order valence-electron chi connectivity index (χ2n) is 5.85. The molecule has 2 N–H and O–H groups in total. The van der Waals surface area contributed by atoms with Gasteiger partial charge in [-0.3, -0.25) is 14.3 Å². The molecule has 0 aliphatic carbocycles. The minimum atomic E-state index is -0.648. The van der Waals surface area contributed by atoms with E-state index in [4.69, 9.17) is 16.3 Å². The molecule has 0 radical (unpaired) electrons. The van der Waals surface area contributed by atoms with Crippen LogP contribution in [0, 0.1) is 0 Å². The van der Waals surface area contributed by atoms with Crippen LogP contribution in [0.3, 0.4) is 0 Å². The Morgan fingerprint density at radius 1 is 1.24 bits per heavy atom. The topological polar surface area (TPSA) is 110 Å². The molecule has 0 bridgehead atoms. The summed E-state index contributed by atoms with van der Waals surface area (Å²) < 4.78 is 10.1. The van der Waals surface area contributed by atoms with Gasteiger partial charge >= 0.3 is 5.76 Å². The Labute approximate surface area is 173 Å². The molecule has 146 valence electrons. The highest BCUT2D eigenvalue weighted by atomic mass is 35.5. The fourth-order valence-corrected chi connectivity index (χ4v) is 3.26. The first-order chi connectivity index (χ1) is 14.1. The zero-order valence-corrected chi connectivity index (χ0v) is 16.3. The summed E-state index contributed by atoms with van der Waals surface area (Å²) in [5, 5.41) is 9.35. The Hall–Kier alpha value is -3.43. The van der Waals surface area contributed by atoms with Crippen LogP contribution in [0.25, 0.3) is 11.4 Å². The van der Waals surface area contributed by atoms with Crippen molar-refractivity contribution in [3.8, 4) is 17.1 Å². The van der Waals surface area contributed by atoms with E-state index in [1.54, 1.807) is 53.9 Å². The molecule has 4 aromatic rings. The van der Waals surface area contributed by atoms with Crippen molar-refractivity contribution in [2.24, 2.45) is 0 Å². The molecule has 0 spiro atoms. The molecule has 4 rings (SSSR count). The van der Waals surface area contributed by atoms with Crippen molar-refractivity contribution in [2.45, 2.75) is 6.61 Å². The largest absolute Gasteiger partial charge is 0.486 e. The van der Waals surface area contributed by atoms with E-state index >= 15 is 0 Å². The maximum Gasteiger partial charge on any atom is 0.439 e. The number of carbonyl (C=O) groups excluding carboxylic acids is 1. The van der Waals surface area contributed by atoms with Gasteiger partial charge in [0.1, 0.15) is 23.1 Å². The Morgan fingerprint density at radius 2 is 2.07 bits per heavy atom. The van der Waals surface area contributed by atoms with Crippen molar-refractivity contribution in [2.75, 3.05) is 5.32 Å². The van der Waals surface area contributed by atoms with E-state index in [0.29, 0.717) is 27.0 Å². The van der Waals surface area contributed by atoms with E-state index in [2.05, 4.69) is 25.0 Å². The molecule has 2 heterocycles. The lowest BCUT2D eigenvalue weighted by atomic mass is 10.2. The number of carbonyl (C=O) groups is 1. The quantitative estimate of drug-likeness (QED) is 0.480. The summed E-state index contributed by atoms with van der Waals surface area (Å²) in [6, 6.07) is 13.8. The monoisotopic (exact) mass is 428 g/mol. The summed E-state index contributed by atoms with van der Waals surface area (Å²) >= 11 is 7.17. The lowest BCUT2D eigenvalue weighted by Crippen LogP contribution is -2.12. The number of nitrogens with one attached hydrogen (secondary N) is 2. The lowest BCUT2D eigenvalue weighted by Gasteiger charge is -2.05. The van der Waals surface area contributed by atoms with Crippen LogP contribution in [0.1, 0.15) is 15.5 Å². The van der Waals surface area contributed by atoms with Gasteiger partial charge in [-0.05, 0) is 36.4 Å². The summed E-state index contributed by atoms with van der Waals surface area (Å²) in [6.07, 6.45) is 0. The third-order valence-electron chi connectivity index (χ3n) is 3.79. The predicted molar refractivity (Wildman–Crippen MR) is 108 cm³/mol. The highest BCUT2D eigenvalue weighted by molar-refractivity contribution is 7.09. The van der Waals surface area contributed by atoms with Crippen LogP contribution in [0.4, 0.5) is 5.69 Å². The van der Waals surface area contributed by atoms with Gasteiger partial charge in [-0.1, -0.05) is 28.9 Å². The number of hydrogen-bond donors (Lipinski definition) is 2. The smallest absolute Gasteiger partial charge is 0.439 e. The van der Waals surface area contributed by atoms with E-state index in [-0.39, 0.29) is 24.0 Å². The Kier molecular flexibility index (Phi) is 5.41. The number of aromatic nitrogens is 3. The number of amides is 1. The molecule has 1 amide bonds. The second kappa shape index (κ2) is 8.29. The van der Waals surface area contributed by atoms with E-state index < -0.39 is 5.76 Å². The van der Waals surface area contributed by atoms with E-state index in [1.165, 1.54) is 11.3 Å². The van der Waals surface area contributed by atoms with Crippen molar-refractivity contribution < 1.29 is 14.1 Å². The van der Waals surface area contributed by atoms with Crippen LogP contribution in [-0.4, -0.2) is 21.0 Å². The molecule has 10 heteroatoms. The van der Waals surface area contributed by atoms with Crippen molar-refractivity contribution in [3.63, 3.8) is 0 Å². The number of aromatic amines is 1. The highest BCUT2D eigenvalue weighted by Gasteiger charge is 2.13. The van der Waals surface area contributed by atoms with Gasteiger partial charge in [-0.25, -0.2) is 9.78 Å². The summed E-state index contributed by atoms with van der Waals surface area (Å²) in [7, 11) is 0. The molecule has 0 atom stereocenters. The van der Waals surface area contributed by atoms with Crippen LogP contribution >= 0.6 is 22.9 Å². The molecule has 0 fully saturated rings. The molecule has 0 saturated heterocycles. The lowest BCUT2D eigenvalue weighted by molar-refractivity contribution is 0.102. The van der Waals surface area contributed by atoms with Gasteiger partial charge in [0, 0.05) is 21.7 Å². The van der Waals surface area contributed by atoms with Gasteiger partial charge in [-0.2, -0.15) is 0 Å². The maximum atomic E-state index is 12.5. The normalized spacial score (nSPS) is 10.7. The fraction of sp³-hybridized carbons (Fsp3) is 0.0526. The van der Waals surface area contributed by atoms with Crippen molar-refractivity contribution in [1.82, 2.24) is 15.1 Å². The second-order valence-corrected chi connectivity index (χ2v) is 7.23. The summed E-state index contributed by atoms with van der Waals surface area (Å²) in [5.74, 6) is -0.0604. The molecule has 2 aromatic heterocycles. The highest BCUT2D eigenvalue weighted by Crippen LogP contribution is 2.21. The molecule has 0 aliphatic rings. The zero-order chi connectivity index (χ0) is 20.2. The molecular formula is C19H13ClN4O4S. The third kappa shape index (κ3) is 4.71. The summed E-state index contributed by atoms with van der Waals surface area (Å²) in [4.78, 5) is 30.3. The fourth-order valence-electron chi connectivity index (χ4n) is 2.45. The van der Waals surface area contributed by atoms with Gasteiger partial charge < -0.3 is 10.1 Å². The Morgan fingerprint density at radius 3 is 2.83 bits per heavy atom. The number of nitrogens with zero attached hydrogens (tertiary/aromatic N) is 2. The number of thiazole rings is 1. The van der Waals surface area contributed by atoms with E-state index in [0.717, 1.165) is 0 Å². The number of benzene rings is 2. The molecule has 0 unspecified atom stereocenters. The standard InChI is InChI=1S/C19H13ClN4O4S/c20-12-4-6-14(7-5-12)27-9-16-22-15(10-29-16)18(25)21-13-3-1-2-11(8-13)17-23-19(26)28-24-17/h1-8,10H,9H2,(H,21,25)(H,23,24,26). The van der Waals surface area contributed by atoms with Crippen LogP contribution in [0.2, 0.25) is 5.02 Å². The van der Waals surface area contributed by atoms with E-state index in [9.17, 15) is 9.59 Å². The number of halogens is 1. The molecule has 0 aliphatic heterocycles. The van der Waals surface area contributed by atoms with Gasteiger partial charge in [0.2, 0.25) is 0 Å². The van der Waals surface area contributed by atoms with Crippen LogP contribution < -0.4 is 15.8 Å². The molecule has 8 nitrogen and oxygen atoms in total. The maximum absolute atomic E-state index is 12.5. The number of anilines is 1. The van der Waals surface area contributed by atoms with Gasteiger partial charge in [-0.15, -0.1) is 11.3 Å². The minimum absolute atomic E-state index is 0.245. The average Bonchev–Trinajstić information content (AvgIpc) is 3.37. The van der Waals surface area contributed by atoms with Crippen LogP contribution in [-0.2, 0) is 6.61 Å². The number of H-pyrrole nitrogens is 1. The number of ether oxygens (including phenoxy) is 1. The zero-order valence-electron chi connectivity index (χ0n) is 14.7. The first kappa shape index (κ1) is 18.9. The van der Waals surface area contributed by atoms with Crippen LogP contribution in [0.5, 0.6) is 5.75 Å². The van der Waals surface area contributed by atoms with Gasteiger partial charge in [0.05, 0.1) is 0 Å². The van der Waals surface area contributed by atoms with Crippen molar-refractivity contribution >= 4 is 34.5 Å². The molecule has 29 heavy (non-hydrogen) atoms. The first-order valence-corrected chi connectivity index (χ1v) is 9.63. The average molecular weight is 429 g/mol. The summed E-state index contributed by atoms with van der Waals surface area (Å²) in [5.41, 5.74) is 1.41. The van der Waals surface area contributed by atoms with Crippen molar-refractivity contribution in [3.05, 3.63) is 80.2 Å². The number of rotatable bonds is 6. The summed E-state index contributed by atoms with van der Waals surface area (Å²) in [6.45, 7) is 0.245.